The zero-order valence-corrected chi connectivity index (χ0v) is 17.1. The van der Waals surface area contributed by atoms with Crippen LogP contribution < -0.4 is 5.32 Å². The van der Waals surface area contributed by atoms with E-state index in [1.54, 1.807) is 18.5 Å². The second-order valence-corrected chi connectivity index (χ2v) is 8.67. The molecule has 2 heterocycles. The van der Waals surface area contributed by atoms with Crippen LogP contribution in [-0.4, -0.2) is 45.9 Å². The topological polar surface area (TPSA) is 58.1 Å². The Bertz CT molecular complexity index is 815. The van der Waals surface area contributed by atoms with Crippen LogP contribution in [0.15, 0.2) is 36.9 Å². The third-order valence-electron chi connectivity index (χ3n) is 5.51. The van der Waals surface area contributed by atoms with Crippen molar-refractivity contribution >= 4 is 5.91 Å². The number of benzene rings is 1. The van der Waals surface area contributed by atoms with E-state index in [4.69, 9.17) is 0 Å². The van der Waals surface area contributed by atoms with Gasteiger partial charge in [0.1, 0.15) is 12.1 Å². The van der Waals surface area contributed by atoms with E-state index in [0.717, 1.165) is 13.1 Å². The van der Waals surface area contributed by atoms with Gasteiger partial charge in [0, 0.05) is 43.1 Å². The molecule has 2 aromatic rings. The van der Waals surface area contributed by atoms with E-state index in [0.29, 0.717) is 29.5 Å². The zero-order valence-electron chi connectivity index (χ0n) is 17.1. The van der Waals surface area contributed by atoms with E-state index < -0.39 is 5.82 Å². The van der Waals surface area contributed by atoms with Crippen LogP contribution in [0.1, 0.15) is 44.5 Å². The number of hydrogen-bond donors (Lipinski definition) is 1. The lowest BCUT2D eigenvalue weighted by atomic mass is 9.88. The lowest BCUT2D eigenvalue weighted by Gasteiger charge is -2.45. The van der Waals surface area contributed by atoms with Crippen molar-refractivity contribution in [2.45, 2.75) is 39.7 Å². The van der Waals surface area contributed by atoms with E-state index in [9.17, 15) is 9.18 Å². The number of rotatable bonds is 5. The van der Waals surface area contributed by atoms with Gasteiger partial charge < -0.3 is 5.32 Å². The summed E-state index contributed by atoms with van der Waals surface area (Å²) in [5.41, 5.74) is 1.22. The maximum absolute atomic E-state index is 14.6. The number of nitrogens with one attached hydrogen (secondary N) is 1. The Labute approximate surface area is 166 Å². The first-order valence-electron chi connectivity index (χ1n) is 9.84. The van der Waals surface area contributed by atoms with Gasteiger partial charge in [-0.2, -0.15) is 0 Å². The fourth-order valence-corrected chi connectivity index (χ4v) is 3.99. The first kappa shape index (κ1) is 20.4. The molecule has 28 heavy (non-hydrogen) atoms. The van der Waals surface area contributed by atoms with Gasteiger partial charge in [0.2, 0.25) is 0 Å². The molecule has 0 saturated carbocycles. The quantitative estimate of drug-likeness (QED) is 0.853. The minimum atomic E-state index is -0.545. The predicted molar refractivity (Wildman–Crippen MR) is 108 cm³/mol. The summed E-state index contributed by atoms with van der Waals surface area (Å²) >= 11 is 0. The van der Waals surface area contributed by atoms with Crippen LogP contribution >= 0.6 is 0 Å². The number of likely N-dealkylation sites (tertiary alicyclic amines) is 1. The summed E-state index contributed by atoms with van der Waals surface area (Å²) in [6, 6.07) is 4.59. The number of carbonyl (C=O) groups is 1. The molecule has 5 nitrogen and oxygen atoms in total. The molecule has 0 spiro atoms. The number of hydrogen-bond acceptors (Lipinski definition) is 4. The molecule has 1 saturated heterocycles. The third-order valence-corrected chi connectivity index (χ3v) is 5.51. The van der Waals surface area contributed by atoms with Crippen molar-refractivity contribution < 1.29 is 9.18 Å². The van der Waals surface area contributed by atoms with Crippen LogP contribution in [0.4, 0.5) is 4.39 Å². The summed E-state index contributed by atoms with van der Waals surface area (Å²) in [4.78, 5) is 22.9. The first-order chi connectivity index (χ1) is 13.3. The summed E-state index contributed by atoms with van der Waals surface area (Å²) in [7, 11) is 0. The number of halogens is 1. The van der Waals surface area contributed by atoms with E-state index in [2.05, 4.69) is 47.9 Å². The van der Waals surface area contributed by atoms with E-state index in [1.807, 2.05) is 0 Å². The largest absolute Gasteiger partial charge is 0.350 e. The van der Waals surface area contributed by atoms with Gasteiger partial charge in [-0.05, 0) is 49.8 Å². The summed E-state index contributed by atoms with van der Waals surface area (Å²) in [5.74, 6) is 0.354. The molecular formula is C22H29FN4O. The van der Waals surface area contributed by atoms with Gasteiger partial charge in [0.25, 0.3) is 5.91 Å². The summed E-state index contributed by atoms with van der Waals surface area (Å²) in [6.45, 7) is 11.3. The van der Waals surface area contributed by atoms with Crippen LogP contribution in [0, 0.1) is 17.7 Å². The van der Waals surface area contributed by atoms with Crippen molar-refractivity contribution in [3.8, 4) is 11.1 Å². The molecule has 1 aliphatic rings. The second kappa shape index (κ2) is 8.35. The summed E-state index contributed by atoms with van der Waals surface area (Å²) in [5, 5.41) is 2.92. The van der Waals surface area contributed by atoms with Crippen molar-refractivity contribution in [3.63, 3.8) is 0 Å². The van der Waals surface area contributed by atoms with Crippen molar-refractivity contribution in [3.05, 3.63) is 48.3 Å². The Morgan fingerprint density at radius 1 is 1.18 bits per heavy atom. The molecule has 1 aromatic heterocycles. The molecular weight excluding hydrogens is 355 g/mol. The summed E-state index contributed by atoms with van der Waals surface area (Å²) in [6.07, 6.45) is 5.89. The number of aromatic nitrogens is 2. The number of nitrogens with zero attached hydrogens (tertiary/aromatic N) is 3. The van der Waals surface area contributed by atoms with Crippen molar-refractivity contribution in [1.29, 1.82) is 0 Å². The molecule has 0 bridgehead atoms. The second-order valence-electron chi connectivity index (χ2n) is 8.67. The van der Waals surface area contributed by atoms with Crippen molar-refractivity contribution in [2.75, 3.05) is 19.6 Å². The highest BCUT2D eigenvalue weighted by Crippen LogP contribution is 2.27. The average molecular weight is 384 g/mol. The number of carbonyl (C=O) groups excluding carboxylic acids is 1. The number of piperidine rings is 1. The minimum Gasteiger partial charge on any atom is -0.350 e. The fourth-order valence-electron chi connectivity index (χ4n) is 3.99. The van der Waals surface area contributed by atoms with Crippen LogP contribution in [-0.2, 0) is 0 Å². The van der Waals surface area contributed by atoms with Crippen molar-refractivity contribution in [2.24, 2.45) is 11.8 Å². The lowest BCUT2D eigenvalue weighted by Crippen LogP contribution is -2.56. The Morgan fingerprint density at radius 3 is 2.43 bits per heavy atom. The zero-order chi connectivity index (χ0) is 20.3. The van der Waals surface area contributed by atoms with E-state index in [-0.39, 0.29) is 17.0 Å². The molecule has 2 unspecified atom stereocenters. The molecule has 1 N–H and O–H groups in total. The molecule has 0 aliphatic carbocycles. The number of amides is 1. The predicted octanol–water partition coefficient (Wildman–Crippen LogP) is 3.77. The van der Waals surface area contributed by atoms with Gasteiger partial charge in [-0.25, -0.2) is 14.4 Å². The highest BCUT2D eigenvalue weighted by Gasteiger charge is 2.33. The van der Waals surface area contributed by atoms with Crippen LogP contribution in [0.5, 0.6) is 0 Å². The Balaban J connectivity index is 1.66. The fraction of sp³-hybridized carbons (Fsp3) is 0.500. The molecule has 1 aromatic carbocycles. The SMILES string of the molecule is CC1CC(C)CN(C(C)(C)CNC(=O)c2ccc(-c3cncnc3)cc2F)C1. The Hall–Kier alpha value is -2.34. The lowest BCUT2D eigenvalue weighted by molar-refractivity contribution is 0.0444. The maximum Gasteiger partial charge on any atom is 0.254 e. The molecule has 6 heteroatoms. The Morgan fingerprint density at radius 2 is 1.82 bits per heavy atom. The molecule has 1 amide bonds. The van der Waals surface area contributed by atoms with Crippen LogP contribution in [0.25, 0.3) is 11.1 Å². The normalized spacial score (nSPS) is 20.8. The summed E-state index contributed by atoms with van der Waals surface area (Å²) < 4.78 is 14.6. The van der Waals surface area contributed by atoms with Crippen molar-refractivity contribution in [1.82, 2.24) is 20.2 Å². The first-order valence-corrected chi connectivity index (χ1v) is 9.84. The molecule has 0 radical (unpaired) electrons. The van der Waals surface area contributed by atoms with Gasteiger partial charge in [-0.15, -0.1) is 0 Å². The maximum atomic E-state index is 14.6. The van der Waals surface area contributed by atoms with Crippen LogP contribution in [0.3, 0.4) is 0 Å². The molecule has 150 valence electrons. The third kappa shape index (κ3) is 4.73. The highest BCUT2D eigenvalue weighted by molar-refractivity contribution is 5.95. The van der Waals surface area contributed by atoms with E-state index in [1.165, 1.54) is 24.9 Å². The molecule has 1 aliphatic heterocycles. The van der Waals surface area contributed by atoms with Gasteiger partial charge in [-0.3, -0.25) is 9.69 Å². The monoisotopic (exact) mass is 384 g/mol. The van der Waals surface area contributed by atoms with E-state index >= 15 is 0 Å². The van der Waals surface area contributed by atoms with Gasteiger partial charge in [-0.1, -0.05) is 19.9 Å². The molecule has 2 atom stereocenters. The molecule has 1 fully saturated rings. The minimum absolute atomic E-state index is 0.0526. The highest BCUT2D eigenvalue weighted by atomic mass is 19.1. The van der Waals surface area contributed by atoms with Gasteiger partial charge in [0.15, 0.2) is 0 Å². The standard InChI is InChI=1S/C22H29FN4O/c1-15-7-16(2)12-27(11-15)22(3,4)13-26-21(28)19-6-5-17(8-20(19)23)18-9-24-14-25-10-18/h5-6,8-10,14-16H,7,11-13H2,1-4H3,(H,26,28). The van der Waals surface area contributed by atoms with Gasteiger partial charge >= 0.3 is 0 Å². The van der Waals surface area contributed by atoms with Gasteiger partial charge in [0.05, 0.1) is 5.56 Å². The Kier molecular flexibility index (Phi) is 6.08. The molecule has 3 rings (SSSR count). The smallest absolute Gasteiger partial charge is 0.254 e. The van der Waals surface area contributed by atoms with Crippen LogP contribution in [0.2, 0.25) is 0 Å². The average Bonchev–Trinajstić information content (AvgIpc) is 2.66.